The maximum absolute atomic E-state index is 12.0. The summed E-state index contributed by atoms with van der Waals surface area (Å²) in [6, 6.07) is 7.40. The molecule has 0 unspecified atom stereocenters. The molecule has 0 aliphatic carbocycles. The number of furan rings is 1. The molecule has 0 aliphatic rings. The van der Waals surface area contributed by atoms with Gasteiger partial charge in [0.1, 0.15) is 11.2 Å². The predicted molar refractivity (Wildman–Crippen MR) is 89.5 cm³/mol. The summed E-state index contributed by atoms with van der Waals surface area (Å²) in [5.74, 6) is 6.24. The maximum Gasteiger partial charge on any atom is 0.341 e. The number of hydrogen-bond acceptors (Lipinski definition) is 4. The maximum atomic E-state index is 12.0. The summed E-state index contributed by atoms with van der Waals surface area (Å²) in [6.45, 7) is 6.10. The molecular formula is C19H20O4. The molecule has 2 aromatic rings. The molecule has 0 bridgehead atoms. The minimum absolute atomic E-state index is 0.116. The first-order valence-electron chi connectivity index (χ1n) is 7.23. The quantitative estimate of drug-likeness (QED) is 0.372. The van der Waals surface area contributed by atoms with Crippen molar-refractivity contribution in [2.75, 3.05) is 14.2 Å². The summed E-state index contributed by atoms with van der Waals surface area (Å²) in [7, 11) is 2.81. The van der Waals surface area contributed by atoms with Gasteiger partial charge < -0.3 is 13.9 Å². The zero-order chi connectivity index (χ0) is 17.0. The lowest BCUT2D eigenvalue weighted by Gasteiger charge is -2.06. The van der Waals surface area contributed by atoms with E-state index in [0.29, 0.717) is 22.5 Å². The van der Waals surface area contributed by atoms with E-state index in [1.807, 2.05) is 39.0 Å². The van der Waals surface area contributed by atoms with Gasteiger partial charge in [0.2, 0.25) is 0 Å². The van der Waals surface area contributed by atoms with Gasteiger partial charge in [-0.05, 0) is 26.7 Å². The van der Waals surface area contributed by atoms with Crippen molar-refractivity contribution in [2.45, 2.75) is 20.8 Å². The number of hydrogen-bond donors (Lipinski definition) is 0. The fourth-order valence-electron chi connectivity index (χ4n) is 2.04. The Morgan fingerprint density at radius 3 is 2.61 bits per heavy atom. The third-order valence-electron chi connectivity index (χ3n) is 3.04. The summed E-state index contributed by atoms with van der Waals surface area (Å²) in [4.78, 5) is 12.0. The zero-order valence-electron chi connectivity index (χ0n) is 14.0. The average Bonchev–Trinajstić information content (AvgIpc) is 2.92. The Kier molecular flexibility index (Phi) is 4.80. The third-order valence-corrected chi connectivity index (χ3v) is 3.04. The van der Waals surface area contributed by atoms with Gasteiger partial charge in [0.15, 0.2) is 5.76 Å². The summed E-state index contributed by atoms with van der Waals surface area (Å²) in [5, 5.41) is 0.867. The summed E-state index contributed by atoms with van der Waals surface area (Å²) >= 11 is 0. The number of carbonyl (C=O) groups is 1. The van der Waals surface area contributed by atoms with Crippen molar-refractivity contribution in [1.29, 1.82) is 0 Å². The van der Waals surface area contributed by atoms with Crippen LogP contribution in [0.25, 0.3) is 16.5 Å². The Morgan fingerprint density at radius 2 is 2.00 bits per heavy atom. The van der Waals surface area contributed by atoms with E-state index in [1.54, 1.807) is 6.07 Å². The van der Waals surface area contributed by atoms with Crippen molar-refractivity contribution < 1.29 is 18.7 Å². The molecule has 0 N–H and O–H groups in total. The number of para-hydroxylation sites is 1. The molecule has 1 heterocycles. The van der Waals surface area contributed by atoms with Gasteiger partial charge in [0, 0.05) is 22.4 Å². The molecule has 0 saturated carbocycles. The smallest absolute Gasteiger partial charge is 0.341 e. The van der Waals surface area contributed by atoms with Crippen LogP contribution in [-0.4, -0.2) is 20.2 Å². The van der Waals surface area contributed by atoms with E-state index in [2.05, 4.69) is 11.8 Å². The molecule has 0 atom stereocenters. The molecule has 4 heteroatoms. The third kappa shape index (κ3) is 3.95. The van der Waals surface area contributed by atoms with Crippen LogP contribution >= 0.6 is 0 Å². The Labute approximate surface area is 136 Å². The van der Waals surface area contributed by atoms with Crippen LogP contribution in [0.3, 0.4) is 0 Å². The van der Waals surface area contributed by atoms with Gasteiger partial charge in [0.25, 0.3) is 0 Å². The second-order valence-corrected chi connectivity index (χ2v) is 6.09. The Balaban J connectivity index is 2.57. The van der Waals surface area contributed by atoms with Gasteiger partial charge in [-0.25, -0.2) is 4.79 Å². The number of carbonyl (C=O) groups excluding carboxylic acids is 1. The molecule has 23 heavy (non-hydrogen) atoms. The van der Waals surface area contributed by atoms with Crippen molar-refractivity contribution >= 4 is 22.5 Å². The molecule has 120 valence electrons. The Bertz CT molecular complexity index is 807. The molecule has 0 spiro atoms. The number of fused-ring (bicyclic) bond motifs is 1. The van der Waals surface area contributed by atoms with Gasteiger partial charge in [-0.3, -0.25) is 0 Å². The first-order valence-corrected chi connectivity index (χ1v) is 7.23. The van der Waals surface area contributed by atoms with E-state index in [4.69, 9.17) is 13.9 Å². The van der Waals surface area contributed by atoms with Crippen LogP contribution in [0.5, 0.6) is 0 Å². The largest absolute Gasteiger partial charge is 0.503 e. The molecule has 0 radical (unpaired) electrons. The number of methoxy groups -OCH3 is 2. The van der Waals surface area contributed by atoms with Crippen molar-refractivity contribution in [3.05, 3.63) is 41.9 Å². The van der Waals surface area contributed by atoms with Crippen LogP contribution in [0.15, 0.2) is 34.9 Å². The van der Waals surface area contributed by atoms with Gasteiger partial charge in [-0.2, -0.15) is 0 Å². The highest BCUT2D eigenvalue weighted by molar-refractivity contribution is 6.19. The number of esters is 1. The van der Waals surface area contributed by atoms with Gasteiger partial charge in [-0.1, -0.05) is 24.1 Å². The normalized spacial score (nSPS) is 11.8. The summed E-state index contributed by atoms with van der Waals surface area (Å²) in [6.07, 6.45) is 1.35. The number of benzene rings is 1. The minimum Gasteiger partial charge on any atom is -0.503 e. The molecule has 0 fully saturated rings. The van der Waals surface area contributed by atoms with E-state index in [-0.39, 0.29) is 5.41 Å². The first-order chi connectivity index (χ1) is 10.9. The van der Waals surface area contributed by atoms with E-state index in [0.717, 1.165) is 5.39 Å². The van der Waals surface area contributed by atoms with E-state index in [9.17, 15) is 4.79 Å². The van der Waals surface area contributed by atoms with Crippen molar-refractivity contribution in [2.24, 2.45) is 5.41 Å². The number of ether oxygens (including phenoxy) is 2. The lowest BCUT2D eigenvalue weighted by Crippen LogP contribution is -2.04. The highest BCUT2D eigenvalue weighted by Crippen LogP contribution is 2.29. The fourth-order valence-corrected chi connectivity index (χ4v) is 2.04. The SMILES string of the molecule is CO/C=C(/C(=O)OC)c1cccc2cc(C#CC(C)(C)C)oc12. The lowest BCUT2D eigenvalue weighted by molar-refractivity contribution is -0.133. The van der Waals surface area contributed by atoms with Crippen LogP contribution < -0.4 is 0 Å². The fraction of sp³-hybridized carbons (Fsp3) is 0.316. The van der Waals surface area contributed by atoms with E-state index in [1.165, 1.54) is 20.5 Å². The molecule has 0 amide bonds. The highest BCUT2D eigenvalue weighted by Gasteiger charge is 2.18. The van der Waals surface area contributed by atoms with Gasteiger partial charge in [0.05, 0.1) is 20.5 Å². The van der Waals surface area contributed by atoms with Crippen LogP contribution in [-0.2, 0) is 14.3 Å². The van der Waals surface area contributed by atoms with Gasteiger partial charge >= 0.3 is 5.97 Å². The lowest BCUT2D eigenvalue weighted by atomic mass is 9.98. The standard InChI is InChI=1S/C19H20O4/c1-19(2,3)10-9-14-11-13-7-6-8-15(17(13)23-14)16(12-21-4)18(20)22-5/h6-8,11-12H,1-5H3/b16-12+. The van der Waals surface area contributed by atoms with Crippen molar-refractivity contribution in [1.82, 2.24) is 0 Å². The Hall–Kier alpha value is -2.67. The second kappa shape index (κ2) is 6.62. The molecule has 2 rings (SSSR count). The van der Waals surface area contributed by atoms with Crippen LogP contribution in [0.1, 0.15) is 32.1 Å². The van der Waals surface area contributed by atoms with E-state index >= 15 is 0 Å². The number of rotatable bonds is 3. The van der Waals surface area contributed by atoms with Gasteiger partial charge in [-0.15, -0.1) is 0 Å². The van der Waals surface area contributed by atoms with Crippen LogP contribution in [0, 0.1) is 17.3 Å². The van der Waals surface area contributed by atoms with Crippen molar-refractivity contribution in [3.63, 3.8) is 0 Å². The molecule has 1 aromatic heterocycles. The summed E-state index contributed by atoms with van der Waals surface area (Å²) in [5.41, 5.74) is 1.37. The van der Waals surface area contributed by atoms with E-state index < -0.39 is 5.97 Å². The molecule has 0 aliphatic heterocycles. The zero-order valence-corrected chi connectivity index (χ0v) is 14.0. The second-order valence-electron chi connectivity index (χ2n) is 6.09. The first kappa shape index (κ1) is 16.7. The highest BCUT2D eigenvalue weighted by atomic mass is 16.5. The topological polar surface area (TPSA) is 48.7 Å². The summed E-state index contributed by atoms with van der Waals surface area (Å²) < 4.78 is 15.6. The van der Waals surface area contributed by atoms with Crippen molar-refractivity contribution in [3.8, 4) is 11.8 Å². The van der Waals surface area contributed by atoms with Crippen LogP contribution in [0.4, 0.5) is 0 Å². The minimum atomic E-state index is -0.488. The molecule has 1 aromatic carbocycles. The molecule has 4 nitrogen and oxygen atoms in total. The predicted octanol–water partition coefficient (Wildman–Crippen LogP) is 3.99. The monoisotopic (exact) mass is 312 g/mol. The Morgan fingerprint density at radius 1 is 1.26 bits per heavy atom. The average molecular weight is 312 g/mol. The van der Waals surface area contributed by atoms with Crippen LogP contribution in [0.2, 0.25) is 0 Å². The molecular weight excluding hydrogens is 292 g/mol. The molecule has 0 saturated heterocycles.